The topological polar surface area (TPSA) is 65.2 Å². The van der Waals surface area contributed by atoms with Crippen LogP contribution in [0.15, 0.2) is 30.5 Å². The molecule has 1 aromatic carbocycles. The Balaban J connectivity index is 2.16. The Morgan fingerprint density at radius 3 is 2.39 bits per heavy atom. The third kappa shape index (κ3) is 3.80. The van der Waals surface area contributed by atoms with Gasteiger partial charge in [0.05, 0.1) is 0 Å². The molecule has 0 saturated carbocycles. The maximum atomic E-state index is 12.3. The molecule has 0 atom stereocenters. The van der Waals surface area contributed by atoms with Gasteiger partial charge in [-0.25, -0.2) is 0 Å². The molecular formula is C18H23N3O2. The fourth-order valence-corrected chi connectivity index (χ4v) is 2.49. The minimum Gasteiger partial charge on any atom is -0.372 e. The number of hydrogen-bond acceptors (Lipinski definition) is 3. The number of H-pyrrole nitrogens is 1. The maximum absolute atomic E-state index is 12.3. The predicted molar refractivity (Wildman–Crippen MR) is 93.5 cm³/mol. The Morgan fingerprint density at radius 1 is 1.17 bits per heavy atom. The third-order valence-corrected chi connectivity index (χ3v) is 3.92. The lowest BCUT2D eigenvalue weighted by Crippen LogP contribution is -2.22. The van der Waals surface area contributed by atoms with Crippen LogP contribution < -0.4 is 10.2 Å². The first-order valence-corrected chi connectivity index (χ1v) is 7.82. The molecule has 0 saturated heterocycles. The van der Waals surface area contributed by atoms with Crippen molar-refractivity contribution in [2.45, 2.75) is 27.7 Å². The summed E-state index contributed by atoms with van der Waals surface area (Å²) < 4.78 is 0. The van der Waals surface area contributed by atoms with E-state index in [0.29, 0.717) is 11.3 Å². The zero-order valence-electron chi connectivity index (χ0n) is 14.1. The first kappa shape index (κ1) is 16.8. The Morgan fingerprint density at radius 2 is 1.87 bits per heavy atom. The van der Waals surface area contributed by atoms with Crippen LogP contribution in [0, 0.1) is 6.92 Å². The van der Waals surface area contributed by atoms with E-state index in [9.17, 15) is 9.59 Å². The summed E-state index contributed by atoms with van der Waals surface area (Å²) in [5.74, 6) is -0.323. The summed E-state index contributed by atoms with van der Waals surface area (Å²) in [7, 11) is 0. The van der Waals surface area contributed by atoms with Gasteiger partial charge >= 0.3 is 0 Å². The molecule has 2 rings (SSSR count). The van der Waals surface area contributed by atoms with E-state index in [4.69, 9.17) is 0 Å². The van der Waals surface area contributed by atoms with Crippen LogP contribution in [0.3, 0.4) is 0 Å². The highest BCUT2D eigenvalue weighted by molar-refractivity contribution is 6.05. The van der Waals surface area contributed by atoms with Gasteiger partial charge in [0.1, 0.15) is 5.69 Å². The van der Waals surface area contributed by atoms with Crippen LogP contribution >= 0.6 is 0 Å². The van der Waals surface area contributed by atoms with Crippen molar-refractivity contribution in [3.05, 3.63) is 47.3 Å². The van der Waals surface area contributed by atoms with Crippen LogP contribution in [0.25, 0.3) is 0 Å². The number of carbonyl (C=O) groups is 2. The maximum Gasteiger partial charge on any atom is 0.272 e. The van der Waals surface area contributed by atoms with Gasteiger partial charge in [0.2, 0.25) is 0 Å². The van der Waals surface area contributed by atoms with Crippen LogP contribution in [0.4, 0.5) is 11.4 Å². The van der Waals surface area contributed by atoms with Crippen molar-refractivity contribution in [2.75, 3.05) is 23.3 Å². The van der Waals surface area contributed by atoms with Gasteiger partial charge in [0.25, 0.3) is 5.91 Å². The fourth-order valence-electron chi connectivity index (χ4n) is 2.49. The normalized spacial score (nSPS) is 10.4. The SMILES string of the molecule is CCN(CC)c1ccc(NC(=O)c2cc(C(C)=O)c[nH]2)c(C)c1. The van der Waals surface area contributed by atoms with Gasteiger partial charge < -0.3 is 15.2 Å². The molecule has 0 aliphatic carbocycles. The average Bonchev–Trinajstić information content (AvgIpc) is 3.01. The number of rotatable bonds is 6. The number of ketones is 1. The second kappa shape index (κ2) is 7.13. The molecule has 5 heteroatoms. The summed E-state index contributed by atoms with van der Waals surface area (Å²) in [6.45, 7) is 9.56. The molecule has 5 nitrogen and oxygen atoms in total. The number of hydrogen-bond donors (Lipinski definition) is 2. The molecule has 122 valence electrons. The van der Waals surface area contributed by atoms with E-state index in [-0.39, 0.29) is 11.7 Å². The number of carbonyl (C=O) groups excluding carboxylic acids is 2. The van der Waals surface area contributed by atoms with Crippen molar-refractivity contribution < 1.29 is 9.59 Å². The van der Waals surface area contributed by atoms with Crippen molar-refractivity contribution in [1.82, 2.24) is 4.98 Å². The predicted octanol–water partition coefficient (Wildman–Crippen LogP) is 3.62. The molecule has 0 aliphatic heterocycles. The molecule has 2 N–H and O–H groups in total. The van der Waals surface area contributed by atoms with Crippen molar-refractivity contribution in [3.8, 4) is 0 Å². The molecule has 1 amide bonds. The molecule has 0 radical (unpaired) electrons. The van der Waals surface area contributed by atoms with Gasteiger partial charge in [-0.1, -0.05) is 0 Å². The largest absolute Gasteiger partial charge is 0.372 e. The number of nitrogens with zero attached hydrogens (tertiary/aromatic N) is 1. The Labute approximate surface area is 136 Å². The van der Waals surface area contributed by atoms with Crippen LogP contribution in [-0.4, -0.2) is 29.8 Å². The van der Waals surface area contributed by atoms with Crippen molar-refractivity contribution in [1.29, 1.82) is 0 Å². The van der Waals surface area contributed by atoms with Gasteiger partial charge in [-0.3, -0.25) is 9.59 Å². The van der Waals surface area contributed by atoms with Crippen LogP contribution in [0.2, 0.25) is 0 Å². The van der Waals surface area contributed by atoms with Crippen LogP contribution in [-0.2, 0) is 0 Å². The lowest BCUT2D eigenvalue weighted by Gasteiger charge is -2.22. The number of Topliss-reactive ketones (excluding diaryl/α,β-unsaturated/α-hetero) is 1. The molecule has 23 heavy (non-hydrogen) atoms. The zero-order chi connectivity index (χ0) is 17.0. The number of aromatic amines is 1. The number of benzene rings is 1. The standard InChI is InChI=1S/C18H23N3O2/c1-5-21(6-2)15-7-8-16(12(3)9-15)20-18(23)17-10-14(11-19-17)13(4)22/h7-11,19H,5-6H2,1-4H3,(H,20,23). The molecule has 0 fully saturated rings. The van der Waals surface area contributed by atoms with Crippen LogP contribution in [0.5, 0.6) is 0 Å². The Bertz CT molecular complexity index is 715. The fraction of sp³-hybridized carbons (Fsp3) is 0.333. The number of aromatic nitrogens is 1. The summed E-state index contributed by atoms with van der Waals surface area (Å²) in [6.07, 6.45) is 1.55. The van der Waals surface area contributed by atoms with E-state index in [0.717, 1.165) is 30.0 Å². The summed E-state index contributed by atoms with van der Waals surface area (Å²) in [5.41, 5.74) is 3.79. The summed E-state index contributed by atoms with van der Waals surface area (Å²) in [6, 6.07) is 7.55. The molecule has 0 unspecified atom stereocenters. The summed E-state index contributed by atoms with van der Waals surface area (Å²) in [5, 5.41) is 2.88. The van der Waals surface area contributed by atoms with E-state index in [1.54, 1.807) is 12.3 Å². The first-order chi connectivity index (χ1) is 11.0. The van der Waals surface area contributed by atoms with Gasteiger partial charge in [0, 0.05) is 36.2 Å². The molecule has 1 aromatic heterocycles. The molecular weight excluding hydrogens is 290 g/mol. The number of anilines is 2. The van der Waals surface area contributed by atoms with Gasteiger partial charge in [-0.05, 0) is 57.5 Å². The van der Waals surface area contributed by atoms with Crippen molar-refractivity contribution in [3.63, 3.8) is 0 Å². The highest BCUT2D eigenvalue weighted by Crippen LogP contribution is 2.23. The van der Waals surface area contributed by atoms with E-state index in [1.165, 1.54) is 6.92 Å². The van der Waals surface area contributed by atoms with Crippen molar-refractivity contribution in [2.24, 2.45) is 0 Å². The molecule has 1 heterocycles. The zero-order valence-corrected chi connectivity index (χ0v) is 14.1. The molecule has 0 aliphatic rings. The molecule has 2 aromatic rings. The quantitative estimate of drug-likeness (QED) is 0.800. The third-order valence-electron chi connectivity index (χ3n) is 3.92. The Kier molecular flexibility index (Phi) is 5.21. The Hall–Kier alpha value is -2.56. The van der Waals surface area contributed by atoms with Gasteiger partial charge in [-0.15, -0.1) is 0 Å². The van der Waals surface area contributed by atoms with E-state index in [1.807, 2.05) is 19.1 Å². The first-order valence-electron chi connectivity index (χ1n) is 7.82. The highest BCUT2D eigenvalue weighted by Gasteiger charge is 2.12. The molecule has 0 bridgehead atoms. The average molecular weight is 313 g/mol. The second-order valence-electron chi connectivity index (χ2n) is 5.48. The van der Waals surface area contributed by atoms with E-state index >= 15 is 0 Å². The summed E-state index contributed by atoms with van der Waals surface area (Å²) >= 11 is 0. The van der Waals surface area contributed by atoms with E-state index < -0.39 is 0 Å². The smallest absolute Gasteiger partial charge is 0.272 e. The summed E-state index contributed by atoms with van der Waals surface area (Å²) in [4.78, 5) is 28.7. The second-order valence-corrected chi connectivity index (χ2v) is 5.48. The molecule has 0 spiro atoms. The lowest BCUT2D eigenvalue weighted by atomic mass is 10.1. The van der Waals surface area contributed by atoms with Gasteiger partial charge in [0.15, 0.2) is 5.78 Å². The number of nitrogens with one attached hydrogen (secondary N) is 2. The van der Waals surface area contributed by atoms with Gasteiger partial charge in [-0.2, -0.15) is 0 Å². The highest BCUT2D eigenvalue weighted by atomic mass is 16.2. The minimum atomic E-state index is -0.254. The van der Waals surface area contributed by atoms with Crippen LogP contribution in [0.1, 0.15) is 47.2 Å². The number of amides is 1. The lowest BCUT2D eigenvalue weighted by molar-refractivity contribution is 0.101. The number of aryl methyl sites for hydroxylation is 1. The minimum absolute atomic E-state index is 0.0694. The van der Waals surface area contributed by atoms with E-state index in [2.05, 4.69) is 35.1 Å². The van der Waals surface area contributed by atoms with Crippen molar-refractivity contribution >= 4 is 23.1 Å². The monoisotopic (exact) mass is 313 g/mol.